The molecule has 0 amide bonds. The zero-order valence-electron chi connectivity index (χ0n) is 13.8. The summed E-state index contributed by atoms with van der Waals surface area (Å²) in [4.78, 5) is 13.5. The van der Waals surface area contributed by atoms with Crippen LogP contribution in [0.4, 0.5) is 0 Å². The molecule has 0 saturated carbocycles. The first-order chi connectivity index (χ1) is 12.4. The zero-order valence-corrected chi connectivity index (χ0v) is 13.8. The number of rotatable bonds is 12. The lowest BCUT2D eigenvalue weighted by atomic mass is 9.99. The lowest BCUT2D eigenvalue weighted by Gasteiger charge is -2.40. The van der Waals surface area contributed by atoms with Crippen molar-refractivity contribution in [3.8, 4) is 0 Å². The van der Waals surface area contributed by atoms with Gasteiger partial charge in [0.05, 0.1) is 32.8 Å². The fourth-order valence-electron chi connectivity index (χ4n) is 2.11. The van der Waals surface area contributed by atoms with E-state index in [9.17, 15) is 20.1 Å². The van der Waals surface area contributed by atoms with E-state index in [0.717, 1.165) is 0 Å². The van der Waals surface area contributed by atoms with Crippen LogP contribution in [-0.2, 0) is 23.7 Å². The van der Waals surface area contributed by atoms with Crippen LogP contribution in [0.5, 0.6) is 0 Å². The van der Waals surface area contributed by atoms with Crippen molar-refractivity contribution >= 4 is 5.97 Å². The molecule has 13 nitrogen and oxygen atoms in total. The largest absolute Gasteiger partial charge is 0.481 e. The van der Waals surface area contributed by atoms with Gasteiger partial charge in [-0.05, 0) is 5.53 Å². The van der Waals surface area contributed by atoms with Crippen LogP contribution < -0.4 is 0 Å². The molecule has 5 N–H and O–H groups in total. The van der Waals surface area contributed by atoms with Crippen molar-refractivity contribution in [1.29, 1.82) is 0 Å². The van der Waals surface area contributed by atoms with Gasteiger partial charge >= 0.3 is 5.97 Å². The van der Waals surface area contributed by atoms with Crippen molar-refractivity contribution in [2.45, 2.75) is 43.4 Å². The fourth-order valence-corrected chi connectivity index (χ4v) is 2.11. The number of nitrogens with zero attached hydrogens (tertiary/aromatic N) is 3. The lowest BCUT2D eigenvalue weighted by Crippen LogP contribution is -2.59. The Morgan fingerprint density at radius 2 is 1.92 bits per heavy atom. The van der Waals surface area contributed by atoms with E-state index in [2.05, 4.69) is 10.0 Å². The van der Waals surface area contributed by atoms with Crippen LogP contribution in [-0.4, -0.2) is 101 Å². The third-order valence-corrected chi connectivity index (χ3v) is 3.41. The highest BCUT2D eigenvalue weighted by atomic mass is 16.8. The van der Waals surface area contributed by atoms with Crippen molar-refractivity contribution in [2.75, 3.05) is 33.0 Å². The predicted octanol–water partition coefficient (Wildman–Crippen LogP) is -2.05. The molecule has 1 heterocycles. The van der Waals surface area contributed by atoms with Crippen LogP contribution in [0.15, 0.2) is 5.11 Å². The maximum absolute atomic E-state index is 10.9. The van der Waals surface area contributed by atoms with Crippen LogP contribution in [0.2, 0.25) is 0 Å². The molecule has 4 unspecified atom stereocenters. The minimum atomic E-state index is -1.67. The van der Waals surface area contributed by atoms with Crippen LogP contribution >= 0.6 is 0 Å². The number of aliphatic hydroxyl groups is 4. The van der Waals surface area contributed by atoms with Gasteiger partial charge in [0.1, 0.15) is 24.4 Å². The highest BCUT2D eigenvalue weighted by Crippen LogP contribution is 2.23. The van der Waals surface area contributed by atoms with Gasteiger partial charge in [-0.3, -0.25) is 4.79 Å². The summed E-state index contributed by atoms with van der Waals surface area (Å²) in [6, 6.07) is 0. The summed E-state index contributed by atoms with van der Waals surface area (Å²) in [5, 5.41) is 50.6. The summed E-state index contributed by atoms with van der Waals surface area (Å²) in [6.45, 7) is -0.351. The molecule has 26 heavy (non-hydrogen) atoms. The fraction of sp³-hybridized carbons (Fsp3) is 0.923. The SMILES string of the molecule is [N-]=[N+]=NCCOCCOC(CC(=O)O)O[C@H]1OC(CO)[C@H](O)C(O)C1O. The Bertz CT molecular complexity index is 473. The minimum Gasteiger partial charge on any atom is -0.481 e. The number of hydrogen-bond donors (Lipinski definition) is 5. The molecule has 0 aliphatic carbocycles. The summed E-state index contributed by atoms with van der Waals surface area (Å²) in [6.07, 6.45) is -9.51. The molecule has 0 aromatic carbocycles. The Morgan fingerprint density at radius 1 is 1.19 bits per heavy atom. The van der Waals surface area contributed by atoms with Gasteiger partial charge in [-0.2, -0.15) is 0 Å². The number of carboxylic acids is 1. The summed E-state index contributed by atoms with van der Waals surface area (Å²) < 4.78 is 20.7. The van der Waals surface area contributed by atoms with Gasteiger partial charge in [0.2, 0.25) is 0 Å². The van der Waals surface area contributed by atoms with Gasteiger partial charge in [0, 0.05) is 11.5 Å². The predicted molar refractivity (Wildman–Crippen MR) is 81.7 cm³/mol. The molecule has 1 rings (SSSR count). The van der Waals surface area contributed by atoms with Gasteiger partial charge < -0.3 is 44.5 Å². The average molecular weight is 381 g/mol. The third-order valence-electron chi connectivity index (χ3n) is 3.41. The van der Waals surface area contributed by atoms with Gasteiger partial charge in [-0.15, -0.1) is 0 Å². The maximum Gasteiger partial charge on any atom is 0.308 e. The van der Waals surface area contributed by atoms with Gasteiger partial charge in [-0.1, -0.05) is 5.11 Å². The quantitative estimate of drug-likeness (QED) is 0.0822. The Balaban J connectivity index is 2.52. The molecular weight excluding hydrogens is 358 g/mol. The molecule has 0 aromatic rings. The summed E-state index contributed by atoms with van der Waals surface area (Å²) in [7, 11) is 0. The Hall–Kier alpha value is -1.54. The van der Waals surface area contributed by atoms with Gasteiger partial charge in [-0.25, -0.2) is 0 Å². The highest BCUT2D eigenvalue weighted by molar-refractivity contribution is 5.67. The molecule has 150 valence electrons. The second-order valence-electron chi connectivity index (χ2n) is 5.30. The number of aliphatic hydroxyl groups excluding tert-OH is 4. The molecule has 0 aromatic heterocycles. The van der Waals surface area contributed by atoms with E-state index in [1.54, 1.807) is 0 Å². The maximum atomic E-state index is 10.9. The number of hydrogen-bond acceptors (Lipinski definition) is 10. The summed E-state index contributed by atoms with van der Waals surface area (Å²) in [5.74, 6) is -1.25. The second kappa shape index (κ2) is 12.0. The molecule has 6 atom stereocenters. The second-order valence-corrected chi connectivity index (χ2v) is 5.30. The Morgan fingerprint density at radius 3 is 2.54 bits per heavy atom. The Kier molecular flexibility index (Phi) is 10.3. The molecule has 1 saturated heterocycles. The van der Waals surface area contributed by atoms with Crippen molar-refractivity contribution in [2.24, 2.45) is 5.11 Å². The number of azide groups is 1. The lowest BCUT2D eigenvalue weighted by molar-refractivity contribution is -0.337. The minimum absolute atomic E-state index is 0.0639. The first-order valence-corrected chi connectivity index (χ1v) is 7.78. The average Bonchev–Trinajstić information content (AvgIpc) is 2.60. The molecule has 1 aliphatic rings. The first-order valence-electron chi connectivity index (χ1n) is 7.78. The molecule has 0 bridgehead atoms. The molecule has 1 aliphatic heterocycles. The molecule has 1 fully saturated rings. The van der Waals surface area contributed by atoms with Crippen LogP contribution in [0.3, 0.4) is 0 Å². The first kappa shape index (κ1) is 22.5. The number of aliphatic carboxylic acids is 1. The monoisotopic (exact) mass is 381 g/mol. The standard InChI is InChI=1S/C13H23N3O10/c14-16-15-1-2-23-3-4-24-9(5-8(18)19)26-13-12(22)11(21)10(20)7(6-17)25-13/h7,9-13,17,20-22H,1-6H2,(H,18,19)/t7?,9?,10-,11?,12?,13+/m0/s1. The smallest absolute Gasteiger partial charge is 0.308 e. The van der Waals surface area contributed by atoms with Crippen molar-refractivity contribution < 1.29 is 49.3 Å². The normalized spacial score (nSPS) is 29.8. The molecular formula is C13H23N3O10. The zero-order chi connectivity index (χ0) is 19.5. The van der Waals surface area contributed by atoms with Crippen LogP contribution in [0.25, 0.3) is 10.4 Å². The highest BCUT2D eigenvalue weighted by Gasteiger charge is 2.45. The van der Waals surface area contributed by atoms with Crippen molar-refractivity contribution in [3.63, 3.8) is 0 Å². The molecule has 0 spiro atoms. The van der Waals surface area contributed by atoms with Gasteiger partial charge in [0.25, 0.3) is 0 Å². The van der Waals surface area contributed by atoms with E-state index in [0.29, 0.717) is 0 Å². The molecule has 0 radical (unpaired) electrons. The van der Waals surface area contributed by atoms with E-state index in [-0.39, 0.29) is 26.4 Å². The van der Waals surface area contributed by atoms with Crippen LogP contribution in [0, 0.1) is 0 Å². The van der Waals surface area contributed by atoms with E-state index in [1.165, 1.54) is 0 Å². The Labute approximate surface area is 148 Å². The third kappa shape index (κ3) is 7.37. The topological polar surface area (TPSA) is 204 Å². The summed E-state index contributed by atoms with van der Waals surface area (Å²) >= 11 is 0. The van der Waals surface area contributed by atoms with Gasteiger partial charge in [0.15, 0.2) is 12.6 Å². The number of carboxylic acid groups (broad SMARTS) is 1. The van der Waals surface area contributed by atoms with E-state index < -0.39 is 56.0 Å². The number of ether oxygens (including phenoxy) is 4. The molecule has 13 heteroatoms. The summed E-state index contributed by atoms with van der Waals surface area (Å²) in [5.41, 5.74) is 8.10. The number of carbonyl (C=O) groups is 1. The van der Waals surface area contributed by atoms with Crippen molar-refractivity contribution in [3.05, 3.63) is 10.4 Å². The van der Waals surface area contributed by atoms with E-state index in [1.807, 2.05) is 0 Å². The van der Waals surface area contributed by atoms with Crippen molar-refractivity contribution in [1.82, 2.24) is 0 Å². The van der Waals surface area contributed by atoms with Crippen LogP contribution in [0.1, 0.15) is 6.42 Å². The van der Waals surface area contributed by atoms with E-state index >= 15 is 0 Å². The van der Waals surface area contributed by atoms with E-state index in [4.69, 9.17) is 34.7 Å².